The summed E-state index contributed by atoms with van der Waals surface area (Å²) in [5, 5.41) is 29.2. The minimum absolute atomic E-state index is 0.103. The van der Waals surface area contributed by atoms with Gasteiger partial charge >= 0.3 is 5.97 Å². The molecule has 1 heterocycles. The highest BCUT2D eigenvalue weighted by molar-refractivity contribution is 5.72. The van der Waals surface area contributed by atoms with Crippen LogP contribution >= 0.6 is 0 Å². The van der Waals surface area contributed by atoms with E-state index in [1.807, 2.05) is 23.1 Å². The van der Waals surface area contributed by atoms with Gasteiger partial charge in [-0.05, 0) is 30.9 Å². The van der Waals surface area contributed by atoms with Gasteiger partial charge in [0.05, 0.1) is 12.2 Å². The molecule has 1 aliphatic heterocycles. The molecule has 2 rings (SSSR count). The zero-order chi connectivity index (χ0) is 14.8. The largest absolute Gasteiger partial charge is 0.480 e. The molecule has 0 spiro atoms. The first kappa shape index (κ1) is 15.0. The van der Waals surface area contributed by atoms with Gasteiger partial charge in [-0.1, -0.05) is 24.3 Å². The molecule has 5 nitrogen and oxygen atoms in total. The molecule has 0 saturated carbocycles. The van der Waals surface area contributed by atoms with Gasteiger partial charge in [0, 0.05) is 13.1 Å². The number of aliphatic hydroxyl groups is 2. The topological polar surface area (TPSA) is 81.0 Å². The summed E-state index contributed by atoms with van der Waals surface area (Å²) < 4.78 is 0. The van der Waals surface area contributed by atoms with Gasteiger partial charge in [0.2, 0.25) is 0 Å². The lowest BCUT2D eigenvalue weighted by Crippen LogP contribution is -2.48. The van der Waals surface area contributed by atoms with Gasteiger partial charge in [0.25, 0.3) is 0 Å². The molecule has 1 fully saturated rings. The van der Waals surface area contributed by atoms with E-state index in [1.54, 1.807) is 13.0 Å². The summed E-state index contributed by atoms with van der Waals surface area (Å²) in [6.45, 7) is 2.62. The lowest BCUT2D eigenvalue weighted by molar-refractivity contribution is -0.144. The Morgan fingerprint density at radius 1 is 1.35 bits per heavy atom. The van der Waals surface area contributed by atoms with E-state index in [2.05, 4.69) is 0 Å². The number of carboxylic acid groups (broad SMARTS) is 1. The number of hydrogen-bond donors (Lipinski definition) is 3. The molecule has 1 aromatic carbocycles. The average molecular weight is 279 g/mol. The Kier molecular flexibility index (Phi) is 4.42. The molecule has 0 amide bonds. The number of carboxylic acids is 1. The lowest BCUT2D eigenvalue weighted by atomic mass is 9.81. The summed E-state index contributed by atoms with van der Waals surface area (Å²) in [6.07, 6.45) is 0.948. The summed E-state index contributed by atoms with van der Waals surface area (Å²) in [6, 6.07) is 6.78. The third kappa shape index (κ3) is 2.85. The molecule has 0 unspecified atom stereocenters. The molecule has 1 aliphatic rings. The zero-order valence-corrected chi connectivity index (χ0v) is 11.6. The van der Waals surface area contributed by atoms with E-state index in [9.17, 15) is 15.0 Å². The number of benzene rings is 1. The van der Waals surface area contributed by atoms with Crippen LogP contribution < -0.4 is 0 Å². The van der Waals surface area contributed by atoms with Gasteiger partial charge in [-0.15, -0.1) is 0 Å². The molecular weight excluding hydrogens is 258 g/mol. The van der Waals surface area contributed by atoms with Crippen LogP contribution in [0.1, 0.15) is 30.9 Å². The standard InChI is InChI=1S/C15H21NO4/c1-11(14(18)19)16-8-6-15(20,7-9-16)13-5-3-2-4-12(13)10-17/h2-5,11,17,20H,6-10H2,1H3,(H,18,19)/t11-/m0/s1. The molecule has 1 atom stereocenters. The SMILES string of the molecule is C[C@@H](C(=O)O)N1CCC(O)(c2ccccc2CO)CC1. The fourth-order valence-corrected chi connectivity index (χ4v) is 2.82. The highest BCUT2D eigenvalue weighted by Crippen LogP contribution is 2.35. The van der Waals surface area contributed by atoms with Crippen LogP contribution in [-0.4, -0.2) is 45.3 Å². The van der Waals surface area contributed by atoms with Crippen LogP contribution in [0.5, 0.6) is 0 Å². The summed E-state index contributed by atoms with van der Waals surface area (Å²) in [5.41, 5.74) is 0.508. The fourth-order valence-electron chi connectivity index (χ4n) is 2.82. The smallest absolute Gasteiger partial charge is 0.320 e. The van der Waals surface area contributed by atoms with E-state index < -0.39 is 17.6 Å². The van der Waals surface area contributed by atoms with Crippen LogP contribution in [0, 0.1) is 0 Å². The first-order chi connectivity index (χ1) is 9.48. The molecule has 1 saturated heterocycles. The zero-order valence-electron chi connectivity index (χ0n) is 11.6. The second-order valence-electron chi connectivity index (χ2n) is 5.40. The summed E-state index contributed by atoms with van der Waals surface area (Å²) >= 11 is 0. The van der Waals surface area contributed by atoms with Crippen LogP contribution in [0.2, 0.25) is 0 Å². The number of piperidine rings is 1. The van der Waals surface area contributed by atoms with Crippen LogP contribution in [0.15, 0.2) is 24.3 Å². The minimum Gasteiger partial charge on any atom is -0.480 e. The van der Waals surface area contributed by atoms with Crippen molar-refractivity contribution < 1.29 is 20.1 Å². The molecule has 0 aromatic heterocycles. The third-order valence-corrected chi connectivity index (χ3v) is 4.22. The molecule has 5 heteroatoms. The monoisotopic (exact) mass is 279 g/mol. The molecule has 20 heavy (non-hydrogen) atoms. The maximum atomic E-state index is 11.0. The predicted octanol–water partition coefficient (Wildman–Crippen LogP) is 0.935. The van der Waals surface area contributed by atoms with Crippen molar-refractivity contribution in [3.63, 3.8) is 0 Å². The van der Waals surface area contributed by atoms with Crippen molar-refractivity contribution in [2.24, 2.45) is 0 Å². The van der Waals surface area contributed by atoms with Gasteiger partial charge in [-0.25, -0.2) is 0 Å². The molecule has 0 radical (unpaired) electrons. The van der Waals surface area contributed by atoms with Gasteiger partial charge in [0.1, 0.15) is 6.04 Å². The first-order valence-corrected chi connectivity index (χ1v) is 6.86. The van der Waals surface area contributed by atoms with E-state index >= 15 is 0 Å². The molecule has 0 aliphatic carbocycles. The molecule has 3 N–H and O–H groups in total. The van der Waals surface area contributed by atoms with Crippen LogP contribution in [0.25, 0.3) is 0 Å². The lowest BCUT2D eigenvalue weighted by Gasteiger charge is -2.40. The second kappa shape index (κ2) is 5.91. The van der Waals surface area contributed by atoms with E-state index in [1.165, 1.54) is 0 Å². The normalized spacial score (nSPS) is 20.6. The van der Waals surface area contributed by atoms with Crippen molar-refractivity contribution in [3.8, 4) is 0 Å². The molecular formula is C15H21NO4. The molecule has 110 valence electrons. The van der Waals surface area contributed by atoms with Crippen molar-refractivity contribution in [2.45, 2.75) is 38.0 Å². The van der Waals surface area contributed by atoms with Crippen molar-refractivity contribution in [2.75, 3.05) is 13.1 Å². The van der Waals surface area contributed by atoms with Crippen molar-refractivity contribution in [1.82, 2.24) is 4.90 Å². The second-order valence-corrected chi connectivity index (χ2v) is 5.40. The van der Waals surface area contributed by atoms with Gasteiger partial charge in [0.15, 0.2) is 0 Å². The Labute approximate surface area is 118 Å². The van der Waals surface area contributed by atoms with E-state index in [-0.39, 0.29) is 6.61 Å². The molecule has 0 bridgehead atoms. The van der Waals surface area contributed by atoms with E-state index in [0.29, 0.717) is 25.9 Å². The third-order valence-electron chi connectivity index (χ3n) is 4.22. The fraction of sp³-hybridized carbons (Fsp3) is 0.533. The average Bonchev–Trinajstić information content (AvgIpc) is 2.47. The Morgan fingerprint density at radius 3 is 2.50 bits per heavy atom. The summed E-state index contributed by atoms with van der Waals surface area (Å²) in [4.78, 5) is 12.9. The summed E-state index contributed by atoms with van der Waals surface area (Å²) in [7, 11) is 0. The highest BCUT2D eigenvalue weighted by atomic mass is 16.4. The van der Waals surface area contributed by atoms with Crippen LogP contribution in [0.3, 0.4) is 0 Å². The quantitative estimate of drug-likeness (QED) is 0.764. The Hall–Kier alpha value is -1.43. The number of likely N-dealkylation sites (tertiary alicyclic amines) is 1. The number of aliphatic carboxylic acids is 1. The highest BCUT2D eigenvalue weighted by Gasteiger charge is 2.37. The van der Waals surface area contributed by atoms with Gasteiger partial charge < -0.3 is 15.3 Å². The van der Waals surface area contributed by atoms with Crippen molar-refractivity contribution >= 4 is 5.97 Å². The van der Waals surface area contributed by atoms with Crippen molar-refractivity contribution in [3.05, 3.63) is 35.4 Å². The number of rotatable bonds is 4. The predicted molar refractivity (Wildman–Crippen MR) is 74.2 cm³/mol. The Morgan fingerprint density at radius 2 is 1.95 bits per heavy atom. The Balaban J connectivity index is 2.13. The number of aliphatic hydroxyl groups excluding tert-OH is 1. The first-order valence-electron chi connectivity index (χ1n) is 6.86. The van der Waals surface area contributed by atoms with Crippen LogP contribution in [0.4, 0.5) is 0 Å². The van der Waals surface area contributed by atoms with E-state index in [4.69, 9.17) is 5.11 Å². The van der Waals surface area contributed by atoms with E-state index in [0.717, 1.165) is 11.1 Å². The maximum Gasteiger partial charge on any atom is 0.320 e. The van der Waals surface area contributed by atoms with Crippen LogP contribution in [-0.2, 0) is 17.0 Å². The number of carbonyl (C=O) groups is 1. The molecule has 1 aromatic rings. The number of hydrogen-bond acceptors (Lipinski definition) is 4. The van der Waals surface area contributed by atoms with Gasteiger partial charge in [-0.2, -0.15) is 0 Å². The number of nitrogens with zero attached hydrogens (tertiary/aromatic N) is 1. The maximum absolute atomic E-state index is 11.0. The van der Waals surface area contributed by atoms with Gasteiger partial charge in [-0.3, -0.25) is 9.69 Å². The summed E-state index contributed by atoms with van der Waals surface area (Å²) in [5.74, 6) is -0.841. The Bertz CT molecular complexity index is 481. The van der Waals surface area contributed by atoms with Crippen molar-refractivity contribution in [1.29, 1.82) is 0 Å². The minimum atomic E-state index is -0.978.